The van der Waals surface area contributed by atoms with Crippen LogP contribution in [-0.4, -0.2) is 29.1 Å². The molecular formula is C14H20F3N3. The van der Waals surface area contributed by atoms with Crippen molar-refractivity contribution in [1.82, 2.24) is 9.88 Å². The second-order valence-electron chi connectivity index (χ2n) is 5.52. The van der Waals surface area contributed by atoms with Gasteiger partial charge in [-0.25, -0.2) is 0 Å². The quantitative estimate of drug-likeness (QED) is 0.909. The van der Waals surface area contributed by atoms with Crippen LogP contribution in [0.3, 0.4) is 0 Å². The highest BCUT2D eigenvalue weighted by Crippen LogP contribution is 2.34. The van der Waals surface area contributed by atoms with Crippen LogP contribution < -0.4 is 5.73 Å². The summed E-state index contributed by atoms with van der Waals surface area (Å²) in [6.45, 7) is 5.29. The molecule has 2 N–H and O–H groups in total. The normalized spacial score (nSPS) is 18.4. The highest BCUT2D eigenvalue weighted by atomic mass is 19.4. The van der Waals surface area contributed by atoms with E-state index in [4.69, 9.17) is 5.73 Å². The molecule has 0 aromatic carbocycles. The summed E-state index contributed by atoms with van der Waals surface area (Å²) < 4.78 is 37.8. The Balaban J connectivity index is 1.98. The first-order chi connectivity index (χ1) is 9.29. The second kappa shape index (κ2) is 5.60. The van der Waals surface area contributed by atoms with Crippen molar-refractivity contribution in [3.63, 3.8) is 0 Å². The summed E-state index contributed by atoms with van der Waals surface area (Å²) >= 11 is 0. The van der Waals surface area contributed by atoms with Gasteiger partial charge in [0, 0.05) is 18.4 Å². The SMILES string of the molecule is Cc1cnc(CN2CCC(C(F)(F)F)CC2)c(C)c1N. The minimum atomic E-state index is -4.06. The third-order valence-electron chi connectivity index (χ3n) is 4.10. The molecule has 6 heteroatoms. The maximum atomic E-state index is 12.6. The van der Waals surface area contributed by atoms with Gasteiger partial charge in [-0.3, -0.25) is 9.88 Å². The number of alkyl halides is 3. The number of anilines is 1. The van der Waals surface area contributed by atoms with Crippen LogP contribution in [0.15, 0.2) is 6.20 Å². The largest absolute Gasteiger partial charge is 0.398 e. The van der Waals surface area contributed by atoms with E-state index in [2.05, 4.69) is 4.98 Å². The van der Waals surface area contributed by atoms with E-state index in [0.717, 1.165) is 22.5 Å². The number of hydrogen-bond acceptors (Lipinski definition) is 3. The third kappa shape index (κ3) is 3.23. The molecule has 20 heavy (non-hydrogen) atoms. The summed E-state index contributed by atoms with van der Waals surface area (Å²) in [5.41, 5.74) is 9.41. The monoisotopic (exact) mass is 287 g/mol. The van der Waals surface area contributed by atoms with Gasteiger partial charge >= 0.3 is 6.18 Å². The number of nitrogens with zero attached hydrogens (tertiary/aromatic N) is 2. The van der Waals surface area contributed by atoms with Crippen LogP contribution in [0.1, 0.15) is 29.7 Å². The van der Waals surface area contributed by atoms with Gasteiger partial charge in [0.1, 0.15) is 0 Å². The third-order valence-corrected chi connectivity index (χ3v) is 4.10. The summed E-state index contributed by atoms with van der Waals surface area (Å²) in [4.78, 5) is 6.38. The Kier molecular flexibility index (Phi) is 4.22. The van der Waals surface area contributed by atoms with E-state index in [1.165, 1.54) is 0 Å². The molecule has 0 aliphatic carbocycles. The molecule has 3 nitrogen and oxygen atoms in total. The molecule has 1 fully saturated rings. The molecule has 0 unspecified atom stereocenters. The molecule has 1 aromatic rings. The maximum Gasteiger partial charge on any atom is 0.391 e. The predicted molar refractivity (Wildman–Crippen MR) is 72.2 cm³/mol. The van der Waals surface area contributed by atoms with Crippen LogP contribution in [0.25, 0.3) is 0 Å². The summed E-state index contributed by atoms with van der Waals surface area (Å²) in [6, 6.07) is 0. The van der Waals surface area contributed by atoms with Crippen molar-refractivity contribution < 1.29 is 13.2 Å². The predicted octanol–water partition coefficient (Wildman–Crippen LogP) is 3.05. The second-order valence-corrected chi connectivity index (χ2v) is 5.52. The first-order valence-electron chi connectivity index (χ1n) is 6.78. The van der Waals surface area contributed by atoms with E-state index >= 15 is 0 Å². The lowest BCUT2D eigenvalue weighted by atomic mass is 9.96. The molecule has 1 saturated heterocycles. The number of aryl methyl sites for hydroxylation is 1. The fourth-order valence-corrected chi connectivity index (χ4v) is 2.58. The van der Waals surface area contributed by atoms with Gasteiger partial charge in [0.25, 0.3) is 0 Å². The fourth-order valence-electron chi connectivity index (χ4n) is 2.58. The van der Waals surface area contributed by atoms with Gasteiger partial charge in [-0.05, 0) is 50.9 Å². The lowest BCUT2D eigenvalue weighted by Gasteiger charge is -2.32. The first kappa shape index (κ1) is 15.1. The number of nitrogen functional groups attached to an aromatic ring is 1. The molecule has 2 rings (SSSR count). The molecule has 1 aromatic heterocycles. The summed E-state index contributed by atoms with van der Waals surface area (Å²) in [6.07, 6.45) is -2.00. The minimum absolute atomic E-state index is 0.171. The van der Waals surface area contributed by atoms with E-state index < -0.39 is 12.1 Å². The van der Waals surface area contributed by atoms with Crippen LogP contribution in [-0.2, 0) is 6.54 Å². The molecule has 0 atom stereocenters. The zero-order valence-electron chi connectivity index (χ0n) is 11.8. The number of hydrogen-bond donors (Lipinski definition) is 1. The Morgan fingerprint density at radius 1 is 1.30 bits per heavy atom. The van der Waals surface area contributed by atoms with Gasteiger partial charge in [0.05, 0.1) is 11.6 Å². The lowest BCUT2D eigenvalue weighted by Crippen LogP contribution is -2.38. The number of halogens is 3. The number of likely N-dealkylation sites (tertiary alicyclic amines) is 1. The van der Waals surface area contributed by atoms with Gasteiger partial charge in [0.15, 0.2) is 0 Å². The molecule has 112 valence electrons. The van der Waals surface area contributed by atoms with Crippen LogP contribution in [0.2, 0.25) is 0 Å². The Labute approximate surface area is 117 Å². The standard InChI is InChI=1S/C14H20F3N3/c1-9-7-19-12(10(2)13(9)18)8-20-5-3-11(4-6-20)14(15,16)17/h7,11H,3-6,8H2,1-2H3,(H2,18,19). The van der Waals surface area contributed by atoms with Crippen molar-refractivity contribution in [3.05, 3.63) is 23.0 Å². The number of aromatic nitrogens is 1. The smallest absolute Gasteiger partial charge is 0.391 e. The zero-order chi connectivity index (χ0) is 14.9. The number of piperidine rings is 1. The number of rotatable bonds is 2. The molecular weight excluding hydrogens is 267 g/mol. The molecule has 1 aliphatic heterocycles. The number of pyridine rings is 1. The highest BCUT2D eigenvalue weighted by molar-refractivity contribution is 5.53. The van der Waals surface area contributed by atoms with Gasteiger partial charge in [0.2, 0.25) is 0 Å². The van der Waals surface area contributed by atoms with E-state index in [-0.39, 0.29) is 12.8 Å². The Bertz CT molecular complexity index is 477. The van der Waals surface area contributed by atoms with Crippen molar-refractivity contribution in [1.29, 1.82) is 0 Å². The zero-order valence-corrected chi connectivity index (χ0v) is 11.8. The average molecular weight is 287 g/mol. The van der Waals surface area contributed by atoms with Crippen molar-refractivity contribution in [3.8, 4) is 0 Å². The number of nitrogens with two attached hydrogens (primary N) is 1. The van der Waals surface area contributed by atoms with Gasteiger partial charge in [-0.2, -0.15) is 13.2 Å². The Morgan fingerprint density at radius 2 is 1.90 bits per heavy atom. The summed E-state index contributed by atoms with van der Waals surface area (Å²) in [5, 5.41) is 0. The summed E-state index contributed by atoms with van der Waals surface area (Å²) in [5.74, 6) is -1.16. The van der Waals surface area contributed by atoms with E-state index in [9.17, 15) is 13.2 Å². The Morgan fingerprint density at radius 3 is 2.45 bits per heavy atom. The molecule has 0 bridgehead atoms. The molecule has 0 amide bonds. The van der Waals surface area contributed by atoms with Crippen LogP contribution >= 0.6 is 0 Å². The average Bonchev–Trinajstić information content (AvgIpc) is 2.39. The lowest BCUT2D eigenvalue weighted by molar-refractivity contribution is -0.185. The summed E-state index contributed by atoms with van der Waals surface area (Å²) in [7, 11) is 0. The topological polar surface area (TPSA) is 42.2 Å². The van der Waals surface area contributed by atoms with Crippen LogP contribution in [0.4, 0.5) is 18.9 Å². The molecule has 0 radical (unpaired) electrons. The molecule has 0 spiro atoms. The van der Waals surface area contributed by atoms with Crippen molar-refractivity contribution in [2.45, 2.75) is 39.4 Å². The Hall–Kier alpha value is -1.30. The van der Waals surface area contributed by atoms with E-state index in [1.807, 2.05) is 18.7 Å². The maximum absolute atomic E-state index is 12.6. The van der Waals surface area contributed by atoms with Crippen LogP contribution in [0.5, 0.6) is 0 Å². The molecule has 1 aliphatic rings. The van der Waals surface area contributed by atoms with E-state index in [1.54, 1.807) is 6.20 Å². The molecule has 2 heterocycles. The highest BCUT2D eigenvalue weighted by Gasteiger charge is 2.41. The van der Waals surface area contributed by atoms with Gasteiger partial charge in [-0.15, -0.1) is 0 Å². The fraction of sp³-hybridized carbons (Fsp3) is 0.643. The molecule has 0 saturated carbocycles. The first-order valence-corrected chi connectivity index (χ1v) is 6.78. The van der Waals surface area contributed by atoms with E-state index in [0.29, 0.717) is 19.6 Å². The van der Waals surface area contributed by atoms with Crippen molar-refractivity contribution >= 4 is 5.69 Å². The van der Waals surface area contributed by atoms with Gasteiger partial charge < -0.3 is 5.73 Å². The minimum Gasteiger partial charge on any atom is -0.398 e. The van der Waals surface area contributed by atoms with Gasteiger partial charge in [-0.1, -0.05) is 0 Å². The van der Waals surface area contributed by atoms with Crippen molar-refractivity contribution in [2.24, 2.45) is 5.92 Å². The van der Waals surface area contributed by atoms with Crippen LogP contribution in [0, 0.1) is 19.8 Å². The van der Waals surface area contributed by atoms with Crippen molar-refractivity contribution in [2.75, 3.05) is 18.8 Å².